The maximum Gasteiger partial charge on any atom is 0.198 e. The zero-order valence-electron chi connectivity index (χ0n) is 15.6. The number of benzene rings is 3. The Bertz CT molecular complexity index is 1200. The monoisotopic (exact) mass is 405 g/mol. The molecule has 30 heavy (non-hydrogen) atoms. The SMILES string of the molecule is Fc1c(F)c(F)c(-c2ccccn2)c(/C(=C/c2ccccc2)c2ccccc2)c1F. The van der Waals surface area contributed by atoms with Crippen LogP contribution in [0.4, 0.5) is 17.6 Å². The number of nitrogens with zero attached hydrogens (tertiary/aromatic N) is 1. The number of halogens is 4. The summed E-state index contributed by atoms with van der Waals surface area (Å²) in [4.78, 5) is 4.04. The van der Waals surface area contributed by atoms with Crippen LogP contribution in [0.15, 0.2) is 85.1 Å². The van der Waals surface area contributed by atoms with E-state index in [9.17, 15) is 13.2 Å². The molecule has 0 unspecified atom stereocenters. The van der Waals surface area contributed by atoms with Gasteiger partial charge in [0.05, 0.1) is 5.69 Å². The van der Waals surface area contributed by atoms with Gasteiger partial charge in [0.2, 0.25) is 0 Å². The maximum absolute atomic E-state index is 15.2. The van der Waals surface area contributed by atoms with Crippen LogP contribution in [0.3, 0.4) is 0 Å². The van der Waals surface area contributed by atoms with Crippen molar-refractivity contribution in [2.24, 2.45) is 0 Å². The third kappa shape index (κ3) is 3.62. The molecule has 0 aliphatic rings. The molecular weight excluding hydrogens is 390 g/mol. The van der Waals surface area contributed by atoms with Crippen LogP contribution in [0, 0.1) is 23.3 Å². The Morgan fingerprint density at radius 1 is 0.633 bits per heavy atom. The minimum Gasteiger partial charge on any atom is -0.256 e. The maximum atomic E-state index is 15.2. The molecule has 0 aliphatic heterocycles. The lowest BCUT2D eigenvalue weighted by molar-refractivity contribution is 0.409. The summed E-state index contributed by atoms with van der Waals surface area (Å²) in [7, 11) is 0. The first-order valence-electron chi connectivity index (χ1n) is 9.18. The highest BCUT2D eigenvalue weighted by Gasteiger charge is 2.29. The number of pyridine rings is 1. The molecule has 4 rings (SSSR count). The molecule has 1 heterocycles. The van der Waals surface area contributed by atoms with Gasteiger partial charge in [-0.1, -0.05) is 66.7 Å². The van der Waals surface area contributed by atoms with Crippen molar-refractivity contribution in [3.8, 4) is 11.3 Å². The van der Waals surface area contributed by atoms with Gasteiger partial charge in [0.25, 0.3) is 0 Å². The molecule has 1 nitrogen and oxygen atoms in total. The smallest absolute Gasteiger partial charge is 0.198 e. The molecule has 0 N–H and O–H groups in total. The molecule has 0 amide bonds. The topological polar surface area (TPSA) is 12.9 Å². The lowest BCUT2D eigenvalue weighted by Gasteiger charge is -2.17. The molecular formula is C25H15F4N. The highest BCUT2D eigenvalue weighted by molar-refractivity contribution is 5.96. The van der Waals surface area contributed by atoms with Crippen molar-refractivity contribution >= 4 is 11.6 Å². The Hall–Kier alpha value is -3.73. The molecule has 0 saturated carbocycles. The summed E-state index contributed by atoms with van der Waals surface area (Å²) in [5.74, 6) is -6.70. The fraction of sp³-hybridized carbons (Fsp3) is 0. The van der Waals surface area contributed by atoms with Crippen molar-refractivity contribution < 1.29 is 17.6 Å². The standard InChI is InChI=1S/C25H15F4N/c26-22-20(21(19-13-7-8-14-30-19)23(27)25(29)24(22)28)18(17-11-5-2-6-12-17)15-16-9-3-1-4-10-16/h1-15H/b18-15+. The third-order valence-corrected chi connectivity index (χ3v) is 4.65. The van der Waals surface area contributed by atoms with E-state index in [1.165, 1.54) is 12.3 Å². The Kier molecular flexibility index (Phi) is 5.44. The Labute approximate surface area is 171 Å². The van der Waals surface area contributed by atoms with Crippen LogP contribution in [0.1, 0.15) is 16.7 Å². The molecule has 0 radical (unpaired) electrons. The third-order valence-electron chi connectivity index (χ3n) is 4.65. The second-order valence-corrected chi connectivity index (χ2v) is 6.56. The Morgan fingerprint density at radius 2 is 1.23 bits per heavy atom. The van der Waals surface area contributed by atoms with E-state index in [1.807, 2.05) is 6.07 Å². The van der Waals surface area contributed by atoms with E-state index in [-0.39, 0.29) is 16.8 Å². The number of aromatic nitrogens is 1. The molecule has 1 aromatic heterocycles. The minimum absolute atomic E-state index is 0.00214. The van der Waals surface area contributed by atoms with Gasteiger partial charge in [0.1, 0.15) is 0 Å². The van der Waals surface area contributed by atoms with E-state index in [2.05, 4.69) is 4.98 Å². The lowest BCUT2D eigenvalue weighted by Crippen LogP contribution is -2.07. The fourth-order valence-corrected chi connectivity index (χ4v) is 3.27. The van der Waals surface area contributed by atoms with Gasteiger partial charge in [-0.05, 0) is 34.9 Å². The van der Waals surface area contributed by atoms with Gasteiger partial charge in [-0.25, -0.2) is 17.6 Å². The number of rotatable bonds is 4. The van der Waals surface area contributed by atoms with Crippen LogP contribution >= 0.6 is 0 Å². The van der Waals surface area contributed by atoms with Gasteiger partial charge >= 0.3 is 0 Å². The summed E-state index contributed by atoms with van der Waals surface area (Å²) in [6, 6.07) is 22.1. The molecule has 3 aromatic carbocycles. The van der Waals surface area contributed by atoms with Crippen LogP contribution in [0.25, 0.3) is 22.9 Å². The highest BCUT2D eigenvalue weighted by Crippen LogP contribution is 2.39. The summed E-state index contributed by atoms with van der Waals surface area (Å²) in [6.45, 7) is 0. The molecule has 4 aromatic rings. The predicted molar refractivity (Wildman–Crippen MR) is 109 cm³/mol. The molecule has 0 aliphatic carbocycles. The lowest BCUT2D eigenvalue weighted by atomic mass is 9.89. The second kappa shape index (κ2) is 8.33. The summed E-state index contributed by atoms with van der Waals surface area (Å²) >= 11 is 0. The van der Waals surface area contributed by atoms with Gasteiger partial charge in [0.15, 0.2) is 23.3 Å². The summed E-state index contributed by atoms with van der Waals surface area (Å²) in [5.41, 5.74) is 0.587. The summed E-state index contributed by atoms with van der Waals surface area (Å²) in [6.07, 6.45) is 2.98. The fourth-order valence-electron chi connectivity index (χ4n) is 3.27. The van der Waals surface area contributed by atoms with Gasteiger partial charge in [-0.2, -0.15) is 0 Å². The molecule has 0 atom stereocenters. The molecule has 148 valence electrons. The van der Waals surface area contributed by atoms with Gasteiger partial charge in [-0.3, -0.25) is 4.98 Å². The van der Waals surface area contributed by atoms with Crippen molar-refractivity contribution in [1.82, 2.24) is 4.98 Å². The highest BCUT2D eigenvalue weighted by atomic mass is 19.2. The molecule has 0 spiro atoms. The van der Waals surface area contributed by atoms with Crippen LogP contribution in [0.5, 0.6) is 0 Å². The van der Waals surface area contributed by atoms with Crippen molar-refractivity contribution in [1.29, 1.82) is 0 Å². The Balaban J connectivity index is 2.11. The van der Waals surface area contributed by atoms with Crippen LogP contribution in [-0.4, -0.2) is 4.98 Å². The van der Waals surface area contributed by atoms with Crippen molar-refractivity contribution in [3.63, 3.8) is 0 Å². The van der Waals surface area contributed by atoms with E-state index in [4.69, 9.17) is 0 Å². The minimum atomic E-state index is -1.87. The van der Waals surface area contributed by atoms with E-state index >= 15 is 4.39 Å². The summed E-state index contributed by atoms with van der Waals surface area (Å²) < 4.78 is 58.6. The van der Waals surface area contributed by atoms with Gasteiger partial charge < -0.3 is 0 Å². The summed E-state index contributed by atoms with van der Waals surface area (Å²) in [5, 5.41) is 0. The van der Waals surface area contributed by atoms with Crippen LogP contribution in [0.2, 0.25) is 0 Å². The van der Waals surface area contributed by atoms with Crippen molar-refractivity contribution in [2.45, 2.75) is 0 Å². The first-order chi connectivity index (χ1) is 14.6. The van der Waals surface area contributed by atoms with Crippen molar-refractivity contribution in [3.05, 3.63) is 125 Å². The van der Waals surface area contributed by atoms with Crippen molar-refractivity contribution in [2.75, 3.05) is 0 Å². The second-order valence-electron chi connectivity index (χ2n) is 6.56. The van der Waals surface area contributed by atoms with E-state index in [1.54, 1.807) is 72.8 Å². The first-order valence-corrected chi connectivity index (χ1v) is 9.18. The zero-order valence-corrected chi connectivity index (χ0v) is 15.6. The van der Waals surface area contributed by atoms with Gasteiger partial charge in [-0.15, -0.1) is 0 Å². The van der Waals surface area contributed by atoms with Crippen LogP contribution < -0.4 is 0 Å². The predicted octanol–water partition coefficient (Wildman–Crippen LogP) is 6.89. The molecule has 5 heteroatoms. The zero-order chi connectivity index (χ0) is 21.1. The molecule has 0 bridgehead atoms. The van der Waals surface area contributed by atoms with Crippen LogP contribution in [-0.2, 0) is 0 Å². The largest absolute Gasteiger partial charge is 0.256 e. The quantitative estimate of drug-likeness (QED) is 0.156. The number of hydrogen-bond acceptors (Lipinski definition) is 1. The molecule has 0 fully saturated rings. The van der Waals surface area contributed by atoms with Gasteiger partial charge in [0, 0.05) is 17.3 Å². The average molecular weight is 405 g/mol. The van der Waals surface area contributed by atoms with E-state index in [0.29, 0.717) is 11.1 Å². The first kappa shape index (κ1) is 19.6. The number of hydrogen-bond donors (Lipinski definition) is 0. The van der Waals surface area contributed by atoms with E-state index in [0.717, 1.165) is 0 Å². The van der Waals surface area contributed by atoms with E-state index < -0.39 is 28.8 Å². The normalized spacial score (nSPS) is 11.5. The average Bonchev–Trinajstić information content (AvgIpc) is 2.80. The molecule has 0 saturated heterocycles. The Morgan fingerprint density at radius 3 is 1.87 bits per heavy atom.